The number of nitrogens with zero attached hydrogens (tertiary/aromatic N) is 3. The number of carbonyl (C=O) groups excluding carboxylic acids is 3. The Hall–Kier alpha value is -5.36. The number of anilines is 1. The number of rotatable bonds is 4. The van der Waals surface area contributed by atoms with Gasteiger partial charge in [0.25, 0.3) is 11.8 Å². The molecule has 6 bridgehead atoms. The number of fused-ring (bicyclic) bond motifs is 7. The number of hydrogen-bond donors (Lipinski definition) is 3. The first-order chi connectivity index (χ1) is 22.2. The van der Waals surface area contributed by atoms with E-state index in [9.17, 15) is 14.4 Å². The quantitative estimate of drug-likeness (QED) is 0.316. The van der Waals surface area contributed by atoms with Gasteiger partial charge in [0.1, 0.15) is 11.9 Å². The van der Waals surface area contributed by atoms with E-state index in [1.54, 1.807) is 55.5 Å². The first-order valence-electron chi connectivity index (χ1n) is 15.0. The van der Waals surface area contributed by atoms with Gasteiger partial charge in [-0.15, -0.1) is 0 Å². The number of amides is 3. The van der Waals surface area contributed by atoms with Crippen LogP contribution < -0.4 is 30.2 Å². The van der Waals surface area contributed by atoms with Crippen LogP contribution >= 0.6 is 0 Å². The number of aromatic nitrogens is 2. The Morgan fingerprint density at radius 3 is 2.76 bits per heavy atom. The van der Waals surface area contributed by atoms with Gasteiger partial charge in [-0.3, -0.25) is 24.0 Å². The summed E-state index contributed by atoms with van der Waals surface area (Å²) in [5, 5.41) is 13.0. The molecule has 0 saturated carbocycles. The lowest BCUT2D eigenvalue weighted by Gasteiger charge is -2.23. The van der Waals surface area contributed by atoms with E-state index in [0.29, 0.717) is 41.6 Å². The van der Waals surface area contributed by atoms with Crippen molar-refractivity contribution >= 4 is 23.4 Å². The zero-order chi connectivity index (χ0) is 32.2. The van der Waals surface area contributed by atoms with Crippen molar-refractivity contribution in [1.82, 2.24) is 25.3 Å². The minimum atomic E-state index is -0.487. The van der Waals surface area contributed by atoms with Crippen molar-refractivity contribution in [2.24, 2.45) is 7.05 Å². The average molecular weight is 625 g/mol. The fraction of sp³-hybridized carbons (Fsp3) is 0.294. The van der Waals surface area contributed by atoms with Gasteiger partial charge in [0, 0.05) is 38.4 Å². The molecule has 1 aromatic heterocycles. The lowest BCUT2D eigenvalue weighted by molar-refractivity contribution is -0.123. The molecule has 4 heterocycles. The number of aryl methyl sites for hydroxylation is 2. The highest BCUT2D eigenvalue weighted by Gasteiger charge is 2.37. The Balaban J connectivity index is 1.30. The molecular formula is C34H36N6O6. The van der Waals surface area contributed by atoms with E-state index in [4.69, 9.17) is 14.2 Å². The molecule has 3 N–H and O–H groups in total. The molecule has 0 unspecified atom stereocenters. The SMILES string of the molecule is COc1cc2ccc1O[C@H]1CN(CC(=O)Nc3cnn(C)c3)C[C@@H]1NC(=O)c1ccc(C)c(c1)-c1cccc(c1)OCC(=O)NC2. The number of likely N-dealkylation sites (tertiary alicyclic amines) is 1. The zero-order valence-electron chi connectivity index (χ0n) is 25.9. The van der Waals surface area contributed by atoms with Crippen LogP contribution in [0.25, 0.3) is 11.1 Å². The van der Waals surface area contributed by atoms with Gasteiger partial charge in [-0.05, 0) is 65.6 Å². The van der Waals surface area contributed by atoms with Crippen LogP contribution in [0.5, 0.6) is 17.2 Å². The molecule has 12 heteroatoms. The van der Waals surface area contributed by atoms with Crippen LogP contribution in [0.3, 0.4) is 0 Å². The number of nitrogens with one attached hydrogen (secondary N) is 3. The van der Waals surface area contributed by atoms with E-state index < -0.39 is 12.1 Å². The summed E-state index contributed by atoms with van der Waals surface area (Å²) >= 11 is 0. The smallest absolute Gasteiger partial charge is 0.258 e. The molecular weight excluding hydrogens is 588 g/mol. The molecule has 0 radical (unpaired) electrons. The van der Waals surface area contributed by atoms with E-state index in [2.05, 4.69) is 21.0 Å². The molecule has 46 heavy (non-hydrogen) atoms. The van der Waals surface area contributed by atoms with Crippen LogP contribution in [0, 0.1) is 6.92 Å². The van der Waals surface area contributed by atoms with Crippen molar-refractivity contribution in [2.75, 3.05) is 38.7 Å². The van der Waals surface area contributed by atoms with Crippen LogP contribution in [0.1, 0.15) is 21.5 Å². The topological polar surface area (TPSA) is 136 Å². The third kappa shape index (κ3) is 7.13. The fourth-order valence-corrected chi connectivity index (χ4v) is 5.69. The van der Waals surface area contributed by atoms with Gasteiger partial charge < -0.3 is 30.2 Å². The molecule has 3 aliphatic rings. The molecule has 7 rings (SSSR count). The second-order valence-corrected chi connectivity index (χ2v) is 11.5. The molecule has 3 aromatic carbocycles. The van der Waals surface area contributed by atoms with E-state index in [-0.39, 0.29) is 37.4 Å². The molecule has 1 fully saturated rings. The molecule has 3 aliphatic heterocycles. The van der Waals surface area contributed by atoms with Crippen LogP contribution in [0.15, 0.2) is 73.1 Å². The van der Waals surface area contributed by atoms with Crippen molar-refractivity contribution in [1.29, 1.82) is 0 Å². The van der Waals surface area contributed by atoms with Crippen molar-refractivity contribution in [2.45, 2.75) is 25.6 Å². The number of carbonyl (C=O) groups is 3. The highest BCUT2D eigenvalue weighted by atomic mass is 16.5. The molecule has 238 valence electrons. The van der Waals surface area contributed by atoms with Crippen molar-refractivity contribution in [3.63, 3.8) is 0 Å². The number of ether oxygens (including phenoxy) is 3. The summed E-state index contributed by atoms with van der Waals surface area (Å²) in [4.78, 5) is 41.2. The largest absolute Gasteiger partial charge is 0.493 e. The van der Waals surface area contributed by atoms with E-state index in [1.807, 2.05) is 48.2 Å². The summed E-state index contributed by atoms with van der Waals surface area (Å²) < 4.78 is 19.5. The maximum atomic E-state index is 13.7. The maximum absolute atomic E-state index is 13.7. The van der Waals surface area contributed by atoms with Gasteiger partial charge in [-0.2, -0.15) is 5.10 Å². The Labute approximate surface area is 266 Å². The first-order valence-corrected chi connectivity index (χ1v) is 15.0. The predicted molar refractivity (Wildman–Crippen MR) is 171 cm³/mol. The highest BCUT2D eigenvalue weighted by Crippen LogP contribution is 2.32. The highest BCUT2D eigenvalue weighted by molar-refractivity contribution is 5.96. The summed E-state index contributed by atoms with van der Waals surface area (Å²) in [7, 11) is 3.32. The second-order valence-electron chi connectivity index (χ2n) is 11.5. The van der Waals surface area contributed by atoms with Gasteiger partial charge in [0.2, 0.25) is 5.91 Å². The number of hydrogen-bond acceptors (Lipinski definition) is 8. The number of benzene rings is 3. The van der Waals surface area contributed by atoms with Crippen LogP contribution in [-0.2, 0) is 23.2 Å². The van der Waals surface area contributed by atoms with Gasteiger partial charge in [0.05, 0.1) is 31.6 Å². The van der Waals surface area contributed by atoms with Crippen molar-refractivity contribution in [3.8, 4) is 28.4 Å². The summed E-state index contributed by atoms with van der Waals surface area (Å²) in [6, 6.07) is 18.0. The van der Waals surface area contributed by atoms with Crippen LogP contribution in [-0.4, -0.2) is 77.9 Å². The Morgan fingerprint density at radius 2 is 1.96 bits per heavy atom. The van der Waals surface area contributed by atoms with Crippen molar-refractivity contribution in [3.05, 3.63) is 89.7 Å². The van der Waals surface area contributed by atoms with Gasteiger partial charge in [-0.25, -0.2) is 0 Å². The number of methoxy groups -OCH3 is 1. The average Bonchev–Trinajstić information content (AvgIpc) is 3.63. The monoisotopic (exact) mass is 624 g/mol. The molecule has 4 aromatic rings. The summed E-state index contributed by atoms with van der Waals surface area (Å²) in [6.07, 6.45) is 2.82. The fourth-order valence-electron chi connectivity index (χ4n) is 5.69. The van der Waals surface area contributed by atoms with Gasteiger partial charge >= 0.3 is 0 Å². The predicted octanol–water partition coefficient (Wildman–Crippen LogP) is 2.91. The third-order valence-corrected chi connectivity index (χ3v) is 8.02. The van der Waals surface area contributed by atoms with Crippen LogP contribution in [0.4, 0.5) is 5.69 Å². The standard InChI is InChI=1S/C34H36N6O6/c1-21-7-9-24-13-27(21)23-5-4-6-26(12-23)45-20-33(42)35-14-22-8-10-29(30(11-22)44-3)46-31-18-40(17-28(31)38-34(24)43)19-32(41)37-25-15-36-39(2)16-25/h4-13,15-16,28,31H,14,17-20H2,1-3H3,(H,35,42)(H,37,41)(H,38,43)/t28-,31-/m0/s1. The lowest BCUT2D eigenvalue weighted by Crippen LogP contribution is -2.45. The van der Waals surface area contributed by atoms with Gasteiger partial charge in [-0.1, -0.05) is 24.3 Å². The summed E-state index contributed by atoms with van der Waals surface area (Å²) in [6.45, 7) is 2.98. The minimum absolute atomic E-state index is 0.101. The molecule has 12 nitrogen and oxygen atoms in total. The van der Waals surface area contributed by atoms with Gasteiger partial charge in [0.15, 0.2) is 18.1 Å². The normalized spacial score (nSPS) is 18.4. The third-order valence-electron chi connectivity index (χ3n) is 8.02. The zero-order valence-corrected chi connectivity index (χ0v) is 25.9. The molecule has 3 amide bonds. The maximum Gasteiger partial charge on any atom is 0.258 e. The van der Waals surface area contributed by atoms with E-state index in [0.717, 1.165) is 22.3 Å². The Morgan fingerprint density at radius 1 is 1.09 bits per heavy atom. The second kappa shape index (κ2) is 13.3. The van der Waals surface area contributed by atoms with E-state index in [1.165, 1.54) is 0 Å². The molecule has 0 spiro atoms. The molecule has 2 atom stereocenters. The molecule has 1 saturated heterocycles. The summed E-state index contributed by atoms with van der Waals surface area (Å²) in [5.74, 6) is 0.778. The Bertz CT molecular complexity index is 1770. The minimum Gasteiger partial charge on any atom is -0.493 e. The molecule has 0 aliphatic carbocycles. The van der Waals surface area contributed by atoms with Crippen LogP contribution in [0.2, 0.25) is 0 Å². The lowest BCUT2D eigenvalue weighted by atomic mass is 9.97. The van der Waals surface area contributed by atoms with E-state index >= 15 is 0 Å². The summed E-state index contributed by atoms with van der Waals surface area (Å²) in [5.41, 5.74) is 4.61. The van der Waals surface area contributed by atoms with Crippen molar-refractivity contribution < 1.29 is 28.6 Å². The Kier molecular flexibility index (Phi) is 8.88. The first kappa shape index (κ1) is 30.7.